The molecule has 3 atom stereocenters. The summed E-state index contributed by atoms with van der Waals surface area (Å²) in [5, 5.41) is 3.47. The van der Waals surface area contributed by atoms with Crippen molar-refractivity contribution in [2.75, 3.05) is 19.6 Å². The van der Waals surface area contributed by atoms with Gasteiger partial charge in [-0.1, -0.05) is 54.7 Å². The van der Waals surface area contributed by atoms with Crippen LogP contribution >= 0.6 is 0 Å². The highest BCUT2D eigenvalue weighted by Crippen LogP contribution is 2.50. The second-order valence-electron chi connectivity index (χ2n) is 11.2. The molecule has 2 N–H and O–H groups in total. The molecule has 39 heavy (non-hydrogen) atoms. The number of rotatable bonds is 8. The highest BCUT2D eigenvalue weighted by Gasteiger charge is 2.60. The molecule has 5 rings (SSSR count). The molecule has 1 saturated heterocycles. The van der Waals surface area contributed by atoms with Crippen LogP contribution in [0.15, 0.2) is 48.5 Å². The highest BCUT2D eigenvalue weighted by atomic mass is 32.2. The third-order valence-electron chi connectivity index (χ3n) is 8.47. The molecule has 0 unspecified atom stereocenters. The Labute approximate surface area is 229 Å². The summed E-state index contributed by atoms with van der Waals surface area (Å²) >= 11 is 0. The molecule has 0 amide bonds. The minimum absolute atomic E-state index is 0.0177. The predicted molar refractivity (Wildman–Crippen MR) is 146 cm³/mol. The van der Waals surface area contributed by atoms with Crippen molar-refractivity contribution >= 4 is 10.2 Å². The van der Waals surface area contributed by atoms with Crippen LogP contribution in [0.2, 0.25) is 0 Å². The summed E-state index contributed by atoms with van der Waals surface area (Å²) in [4.78, 5) is 0. The van der Waals surface area contributed by atoms with Crippen LogP contribution in [0.3, 0.4) is 0 Å². The third-order valence-corrected chi connectivity index (χ3v) is 10.0. The van der Waals surface area contributed by atoms with Crippen LogP contribution in [0.1, 0.15) is 60.8 Å². The van der Waals surface area contributed by atoms with E-state index in [-0.39, 0.29) is 18.4 Å². The fraction of sp³-hybridized carbons (Fsp3) is 0.533. The van der Waals surface area contributed by atoms with Gasteiger partial charge in [-0.25, -0.2) is 0 Å². The number of hydrogen-bond acceptors (Lipinski definition) is 3. The second-order valence-corrected chi connectivity index (χ2v) is 12.8. The standard InChI is InChI=1S/C30H36F3N3O2S/c31-30(32,33)22-36-21-29(35-39(36,37)38)27-14-15-28(29)19-26-17-23(12-13-25(26)18-27)9-5-2-1-3-8-16-34-20-24-10-6-4-7-11-24/h4,6-7,10-13,17,27-28,34-35H,1-3,8,14-16,18-22H2/t27-,28+,29+/m0/s1. The Morgan fingerprint density at radius 3 is 2.49 bits per heavy atom. The zero-order valence-electron chi connectivity index (χ0n) is 22.1. The molecule has 2 aromatic rings. The lowest BCUT2D eigenvalue weighted by molar-refractivity contribution is -0.136. The quantitative estimate of drug-likeness (QED) is 0.355. The highest BCUT2D eigenvalue weighted by molar-refractivity contribution is 7.87. The number of nitrogens with zero attached hydrogens (tertiary/aromatic N) is 1. The maximum absolute atomic E-state index is 13.1. The summed E-state index contributed by atoms with van der Waals surface area (Å²) in [7, 11) is -4.17. The van der Waals surface area contributed by atoms with Crippen LogP contribution in [0.4, 0.5) is 13.2 Å². The molecule has 0 aromatic heterocycles. The van der Waals surface area contributed by atoms with E-state index >= 15 is 0 Å². The molecule has 1 spiro atoms. The van der Waals surface area contributed by atoms with E-state index in [1.165, 1.54) is 5.56 Å². The molecule has 3 aliphatic rings. The lowest BCUT2D eigenvalue weighted by Crippen LogP contribution is -2.52. The number of alkyl halides is 3. The summed E-state index contributed by atoms with van der Waals surface area (Å²) < 4.78 is 67.9. The molecule has 1 heterocycles. The Balaban J connectivity index is 1.14. The van der Waals surface area contributed by atoms with E-state index in [4.69, 9.17) is 0 Å². The molecule has 9 heteroatoms. The van der Waals surface area contributed by atoms with Gasteiger partial charge in [0.25, 0.3) is 10.2 Å². The van der Waals surface area contributed by atoms with Gasteiger partial charge >= 0.3 is 6.18 Å². The van der Waals surface area contributed by atoms with Crippen LogP contribution in [0.5, 0.6) is 0 Å². The largest absolute Gasteiger partial charge is 0.402 e. The van der Waals surface area contributed by atoms with Crippen molar-refractivity contribution < 1.29 is 21.6 Å². The zero-order valence-corrected chi connectivity index (χ0v) is 22.9. The van der Waals surface area contributed by atoms with E-state index < -0.39 is 28.5 Å². The van der Waals surface area contributed by atoms with E-state index in [1.54, 1.807) is 0 Å². The van der Waals surface area contributed by atoms with Crippen LogP contribution < -0.4 is 10.0 Å². The van der Waals surface area contributed by atoms with Crippen LogP contribution in [-0.2, 0) is 29.6 Å². The van der Waals surface area contributed by atoms with Gasteiger partial charge in [0.2, 0.25) is 0 Å². The number of hydrogen-bond donors (Lipinski definition) is 2. The maximum Gasteiger partial charge on any atom is 0.402 e. The Bertz CT molecular complexity index is 1320. The Hall–Kier alpha value is -2.38. The summed E-state index contributed by atoms with van der Waals surface area (Å²) in [5.74, 6) is 6.52. The summed E-state index contributed by atoms with van der Waals surface area (Å²) in [5.41, 5.74) is 3.69. The van der Waals surface area contributed by atoms with Crippen molar-refractivity contribution in [2.24, 2.45) is 11.8 Å². The van der Waals surface area contributed by atoms with Crippen molar-refractivity contribution in [2.45, 2.75) is 69.6 Å². The zero-order chi connectivity index (χ0) is 27.5. The lowest BCUT2D eigenvalue weighted by atomic mass is 9.79. The van der Waals surface area contributed by atoms with Crippen molar-refractivity contribution in [3.8, 4) is 11.8 Å². The maximum atomic E-state index is 13.1. The van der Waals surface area contributed by atoms with E-state index in [2.05, 4.69) is 58.3 Å². The number of fused-ring (bicyclic) bond motifs is 1. The molecule has 1 saturated carbocycles. The van der Waals surface area contributed by atoms with E-state index in [0.717, 1.165) is 68.3 Å². The van der Waals surface area contributed by atoms with Crippen LogP contribution in [0, 0.1) is 23.7 Å². The second kappa shape index (κ2) is 11.6. The fourth-order valence-electron chi connectivity index (χ4n) is 6.56. The molecular formula is C30H36F3N3O2S. The van der Waals surface area contributed by atoms with Crippen LogP contribution in [0.25, 0.3) is 0 Å². The van der Waals surface area contributed by atoms with Gasteiger partial charge in [0.05, 0.1) is 5.54 Å². The van der Waals surface area contributed by atoms with Gasteiger partial charge in [-0.05, 0) is 85.7 Å². The van der Waals surface area contributed by atoms with Gasteiger partial charge in [0, 0.05) is 25.1 Å². The first-order valence-corrected chi connectivity index (χ1v) is 15.3. The molecule has 0 radical (unpaired) electrons. The van der Waals surface area contributed by atoms with E-state index in [9.17, 15) is 21.6 Å². The van der Waals surface area contributed by atoms with Gasteiger partial charge in [0.1, 0.15) is 6.54 Å². The summed E-state index contributed by atoms with van der Waals surface area (Å²) in [6.07, 6.45) is 2.49. The monoisotopic (exact) mass is 559 g/mol. The lowest BCUT2D eigenvalue weighted by Gasteiger charge is -2.33. The van der Waals surface area contributed by atoms with E-state index in [1.807, 2.05) is 12.1 Å². The Kier molecular flexibility index (Phi) is 8.39. The Morgan fingerprint density at radius 2 is 1.74 bits per heavy atom. The topological polar surface area (TPSA) is 61.4 Å². The third kappa shape index (κ3) is 6.68. The summed E-state index contributed by atoms with van der Waals surface area (Å²) in [6, 6.07) is 16.6. The average molecular weight is 560 g/mol. The normalized spacial score (nSPS) is 25.7. The van der Waals surface area contributed by atoms with Gasteiger partial charge in [-0.3, -0.25) is 0 Å². The first-order chi connectivity index (χ1) is 18.6. The molecule has 2 bridgehead atoms. The van der Waals surface area contributed by atoms with Crippen molar-refractivity contribution in [1.29, 1.82) is 0 Å². The first-order valence-electron chi connectivity index (χ1n) is 13.9. The predicted octanol–water partition coefficient (Wildman–Crippen LogP) is 4.96. The molecule has 5 nitrogen and oxygen atoms in total. The minimum atomic E-state index is -4.57. The number of nitrogens with one attached hydrogen (secondary N) is 2. The van der Waals surface area contributed by atoms with Crippen molar-refractivity contribution in [3.63, 3.8) is 0 Å². The van der Waals surface area contributed by atoms with Crippen molar-refractivity contribution in [1.82, 2.24) is 14.3 Å². The molecule has 210 valence electrons. The van der Waals surface area contributed by atoms with Crippen molar-refractivity contribution in [3.05, 3.63) is 70.8 Å². The number of halogens is 3. The first kappa shape index (κ1) is 28.2. The van der Waals surface area contributed by atoms with Crippen LogP contribution in [-0.4, -0.2) is 44.1 Å². The van der Waals surface area contributed by atoms with E-state index in [0.29, 0.717) is 17.1 Å². The van der Waals surface area contributed by atoms with Gasteiger partial charge in [-0.15, -0.1) is 0 Å². The smallest absolute Gasteiger partial charge is 0.313 e. The number of benzene rings is 2. The molecule has 2 aliphatic carbocycles. The molecular weight excluding hydrogens is 523 g/mol. The fourth-order valence-corrected chi connectivity index (χ4v) is 8.26. The molecule has 2 fully saturated rings. The van der Waals surface area contributed by atoms with Gasteiger partial charge in [-0.2, -0.15) is 30.6 Å². The molecule has 1 aliphatic heterocycles. The average Bonchev–Trinajstić information content (AvgIpc) is 3.27. The molecule has 2 aromatic carbocycles. The SMILES string of the molecule is O=S1(=O)N[C@@]2(CN1CC(F)(F)F)[C@@H]1CC[C@H]2Cc2ccc(C#CCCCCCNCc3ccccc3)cc2C1. The Morgan fingerprint density at radius 1 is 1.00 bits per heavy atom. The summed E-state index contributed by atoms with van der Waals surface area (Å²) in [6.45, 7) is 0.313. The number of unbranched alkanes of at least 4 members (excludes halogenated alkanes) is 3. The van der Waals surface area contributed by atoms with Gasteiger partial charge in [0.15, 0.2) is 0 Å². The minimum Gasteiger partial charge on any atom is -0.313 e. The van der Waals surface area contributed by atoms with Gasteiger partial charge < -0.3 is 5.32 Å².